The van der Waals surface area contributed by atoms with Crippen molar-refractivity contribution in [1.82, 2.24) is 24.1 Å². The molecule has 0 bridgehead atoms. The van der Waals surface area contributed by atoms with Crippen molar-refractivity contribution < 1.29 is 0 Å². The van der Waals surface area contributed by atoms with Crippen LogP contribution in [0.5, 0.6) is 0 Å². The molecule has 0 radical (unpaired) electrons. The van der Waals surface area contributed by atoms with Crippen molar-refractivity contribution in [3.8, 4) is 56.7 Å². The summed E-state index contributed by atoms with van der Waals surface area (Å²) in [6.45, 7) is 0. The maximum atomic E-state index is 5.49. The number of hydrogen-bond donors (Lipinski definition) is 0. The molecule has 0 unspecified atom stereocenters. The van der Waals surface area contributed by atoms with Crippen LogP contribution in [0.3, 0.4) is 0 Å². The molecule has 0 amide bonds. The van der Waals surface area contributed by atoms with Crippen LogP contribution < -0.4 is 0 Å². The van der Waals surface area contributed by atoms with Gasteiger partial charge in [0.1, 0.15) is 0 Å². The third kappa shape index (κ3) is 5.99. The van der Waals surface area contributed by atoms with Gasteiger partial charge in [0.2, 0.25) is 0 Å². The SMILES string of the molecule is c1ccc(-c2nc(-c3cccc4c3sc3ccccc34)nc(-c3cc(-n4c5ccccc5c5cc(-c6ccc7c(c6)c6ccccc6n7-c6ccccc6)ccc54)cc4sc5ccccc5c34)n2)cc1. The number of para-hydroxylation sites is 3. The number of nitrogens with zero attached hydrogens (tertiary/aromatic N) is 5. The minimum absolute atomic E-state index is 0.643. The summed E-state index contributed by atoms with van der Waals surface area (Å²) in [4.78, 5) is 16.1. The summed E-state index contributed by atoms with van der Waals surface area (Å²) in [7, 11) is 0. The highest BCUT2D eigenvalue weighted by atomic mass is 32.1. The van der Waals surface area contributed by atoms with Crippen molar-refractivity contribution >= 4 is 107 Å². The fourth-order valence-corrected chi connectivity index (χ4v) is 13.2. The number of benzene rings is 10. The minimum atomic E-state index is 0.643. The molecular formula is C63H37N5S2. The molecular weight excluding hydrogens is 891 g/mol. The van der Waals surface area contributed by atoms with Crippen LogP contribution in [0.4, 0.5) is 0 Å². The van der Waals surface area contributed by atoms with Gasteiger partial charge in [0.25, 0.3) is 0 Å². The van der Waals surface area contributed by atoms with Crippen LogP contribution in [0.15, 0.2) is 224 Å². The van der Waals surface area contributed by atoms with Crippen molar-refractivity contribution in [2.24, 2.45) is 0 Å². The second kappa shape index (κ2) is 15.4. The van der Waals surface area contributed by atoms with Crippen molar-refractivity contribution in [2.75, 3.05) is 0 Å². The molecule has 70 heavy (non-hydrogen) atoms. The van der Waals surface area contributed by atoms with Crippen LogP contribution in [0, 0.1) is 0 Å². The molecule has 0 aliphatic carbocycles. The van der Waals surface area contributed by atoms with E-state index in [9.17, 15) is 0 Å². The Morgan fingerprint density at radius 1 is 0.286 bits per heavy atom. The summed E-state index contributed by atoms with van der Waals surface area (Å²) in [6.07, 6.45) is 0. The van der Waals surface area contributed by atoms with Crippen LogP contribution in [0.1, 0.15) is 0 Å². The quantitative estimate of drug-likeness (QED) is 0.167. The first-order chi connectivity index (χ1) is 34.7. The van der Waals surface area contributed by atoms with E-state index >= 15 is 0 Å². The third-order valence-corrected chi connectivity index (χ3v) is 16.3. The molecule has 326 valence electrons. The first kappa shape index (κ1) is 39.3. The highest BCUT2D eigenvalue weighted by molar-refractivity contribution is 7.26. The smallest absolute Gasteiger partial charge is 0.165 e. The normalized spacial score (nSPS) is 12.0. The van der Waals surface area contributed by atoms with Gasteiger partial charge in [-0.25, -0.2) is 15.0 Å². The maximum Gasteiger partial charge on any atom is 0.165 e. The van der Waals surface area contributed by atoms with Crippen LogP contribution >= 0.6 is 22.7 Å². The van der Waals surface area contributed by atoms with Gasteiger partial charge in [-0.15, -0.1) is 22.7 Å². The summed E-state index contributed by atoms with van der Waals surface area (Å²) in [5.41, 5.74) is 12.2. The van der Waals surface area contributed by atoms with Crippen LogP contribution in [0.2, 0.25) is 0 Å². The Balaban J connectivity index is 0.949. The summed E-state index contributed by atoms with van der Waals surface area (Å²) >= 11 is 3.61. The fourth-order valence-electron chi connectivity index (χ4n) is 10.8. The van der Waals surface area contributed by atoms with Gasteiger partial charge < -0.3 is 9.13 Å². The lowest BCUT2D eigenvalue weighted by Crippen LogP contribution is -2.01. The van der Waals surface area contributed by atoms with Crippen molar-refractivity contribution in [1.29, 1.82) is 0 Å². The van der Waals surface area contributed by atoms with Crippen LogP contribution in [-0.4, -0.2) is 24.1 Å². The first-order valence-electron chi connectivity index (χ1n) is 23.5. The highest BCUT2D eigenvalue weighted by Crippen LogP contribution is 2.45. The van der Waals surface area contributed by atoms with E-state index in [0.29, 0.717) is 17.5 Å². The largest absolute Gasteiger partial charge is 0.309 e. The Morgan fingerprint density at radius 2 is 0.800 bits per heavy atom. The van der Waals surface area contributed by atoms with E-state index in [-0.39, 0.29) is 0 Å². The van der Waals surface area contributed by atoms with Gasteiger partial charge in [0.05, 0.1) is 22.1 Å². The van der Waals surface area contributed by atoms with Crippen molar-refractivity contribution in [3.05, 3.63) is 224 Å². The predicted molar refractivity (Wildman–Crippen MR) is 296 cm³/mol. The molecule has 0 saturated carbocycles. The Morgan fingerprint density at radius 3 is 1.49 bits per heavy atom. The van der Waals surface area contributed by atoms with Crippen LogP contribution in [-0.2, 0) is 0 Å². The lowest BCUT2D eigenvalue weighted by atomic mass is 10.0. The van der Waals surface area contributed by atoms with E-state index < -0.39 is 0 Å². The molecule has 0 saturated heterocycles. The first-order valence-corrected chi connectivity index (χ1v) is 25.1. The molecule has 0 atom stereocenters. The van der Waals surface area contributed by atoms with Gasteiger partial charge >= 0.3 is 0 Å². The summed E-state index contributed by atoms with van der Waals surface area (Å²) in [6, 6.07) is 80.9. The third-order valence-electron chi connectivity index (χ3n) is 14.0. The van der Waals surface area contributed by atoms with Gasteiger partial charge in [-0.1, -0.05) is 146 Å². The standard InChI is InChI=1S/C63H37N5S2/c1-3-16-38(17-4-1)61-64-62(48-25-15-24-46-45-22-9-13-28-56(45)70-60(46)48)66-63(65-61)51-36-42(37-58-59(51)47-23-10-14-29-57(47)69-58)68-53-27-12-8-21-44(53)50-35-40(31-33-55(50)68)39-30-32-54-49(34-39)43-20-7-11-26-52(43)67(54)41-18-5-2-6-19-41/h1-37H. The molecule has 5 heterocycles. The lowest BCUT2D eigenvalue weighted by Gasteiger charge is -2.14. The number of hydrogen-bond acceptors (Lipinski definition) is 5. The summed E-state index contributed by atoms with van der Waals surface area (Å²) in [5.74, 6) is 1.94. The Kier molecular flexibility index (Phi) is 8.63. The number of aromatic nitrogens is 5. The number of fused-ring (bicyclic) bond motifs is 12. The monoisotopic (exact) mass is 927 g/mol. The molecule has 15 rings (SSSR count). The lowest BCUT2D eigenvalue weighted by molar-refractivity contribution is 1.08. The second-order valence-corrected chi connectivity index (χ2v) is 20.1. The fraction of sp³-hybridized carbons (Fsp3) is 0. The number of thiophene rings is 2. The van der Waals surface area contributed by atoms with E-state index in [4.69, 9.17) is 15.0 Å². The zero-order valence-corrected chi connectivity index (χ0v) is 39.0. The molecule has 0 N–H and O–H groups in total. The van der Waals surface area contributed by atoms with E-state index in [2.05, 4.69) is 215 Å². The molecule has 10 aromatic carbocycles. The van der Waals surface area contributed by atoms with Crippen molar-refractivity contribution in [2.45, 2.75) is 0 Å². The van der Waals surface area contributed by atoms with E-state index in [1.54, 1.807) is 11.3 Å². The minimum Gasteiger partial charge on any atom is -0.309 e. The molecule has 0 spiro atoms. The van der Waals surface area contributed by atoms with Gasteiger partial charge in [0.15, 0.2) is 17.5 Å². The number of rotatable bonds is 6. The Labute approximate surface area is 409 Å². The van der Waals surface area contributed by atoms with Gasteiger partial charge in [-0.05, 0) is 90.0 Å². The van der Waals surface area contributed by atoms with Gasteiger partial charge in [-0.2, -0.15) is 0 Å². The van der Waals surface area contributed by atoms with Crippen molar-refractivity contribution in [3.63, 3.8) is 0 Å². The second-order valence-electron chi connectivity index (χ2n) is 17.9. The predicted octanol–water partition coefficient (Wildman–Crippen LogP) is 17.5. The zero-order valence-electron chi connectivity index (χ0n) is 37.4. The average Bonchev–Trinajstić information content (AvgIpc) is 4.18. The van der Waals surface area contributed by atoms with E-state index in [1.165, 1.54) is 78.7 Å². The molecule has 0 aliphatic heterocycles. The topological polar surface area (TPSA) is 48.5 Å². The molecule has 7 heteroatoms. The van der Waals surface area contributed by atoms with Gasteiger partial charge in [-0.3, -0.25) is 0 Å². The maximum absolute atomic E-state index is 5.49. The van der Waals surface area contributed by atoms with E-state index in [1.807, 2.05) is 29.5 Å². The molecule has 0 fully saturated rings. The molecule has 5 aromatic heterocycles. The van der Waals surface area contributed by atoms with Crippen LogP contribution in [0.25, 0.3) is 141 Å². The Hall–Kier alpha value is -8.75. The zero-order chi connectivity index (χ0) is 45.9. The summed E-state index contributed by atoms with van der Waals surface area (Å²) in [5, 5.41) is 9.66. The molecule has 15 aromatic rings. The highest BCUT2D eigenvalue weighted by Gasteiger charge is 2.23. The average molecular weight is 928 g/mol. The Bertz CT molecular complexity index is 4600. The van der Waals surface area contributed by atoms with E-state index in [0.717, 1.165) is 44.5 Å². The summed E-state index contributed by atoms with van der Waals surface area (Å²) < 4.78 is 9.61. The van der Waals surface area contributed by atoms with Gasteiger partial charge in [0, 0.05) is 90.0 Å². The molecule has 0 aliphatic rings. The molecule has 5 nitrogen and oxygen atoms in total.